The van der Waals surface area contributed by atoms with Gasteiger partial charge >= 0.3 is 0 Å². The molecular formula is C18H30ClN3O2. The maximum atomic E-state index is 12.6. The lowest BCUT2D eigenvalue weighted by molar-refractivity contribution is 0.0755. The van der Waals surface area contributed by atoms with Crippen molar-refractivity contribution in [3.63, 3.8) is 0 Å². The van der Waals surface area contributed by atoms with Gasteiger partial charge in [0, 0.05) is 44.4 Å². The fourth-order valence-electron chi connectivity index (χ4n) is 2.42. The molecule has 0 unspecified atom stereocenters. The van der Waals surface area contributed by atoms with E-state index < -0.39 is 0 Å². The van der Waals surface area contributed by atoms with E-state index in [0.717, 1.165) is 32.5 Å². The summed E-state index contributed by atoms with van der Waals surface area (Å²) in [7, 11) is 3.63. The molecule has 24 heavy (non-hydrogen) atoms. The number of benzene rings is 1. The summed E-state index contributed by atoms with van der Waals surface area (Å²) in [6.45, 7) is 6.98. The third kappa shape index (κ3) is 6.49. The van der Waals surface area contributed by atoms with E-state index in [1.165, 1.54) is 0 Å². The van der Waals surface area contributed by atoms with Gasteiger partial charge in [0.2, 0.25) is 0 Å². The summed E-state index contributed by atoms with van der Waals surface area (Å²) in [4.78, 5) is 28.6. The number of amides is 2. The first-order chi connectivity index (χ1) is 11.0. The number of carbonyl (C=O) groups is 2. The SMILES string of the molecule is CCCN(CCC)C(=O)c1cccc(C(=O)N(C)CCNC)c1.Cl. The van der Waals surface area contributed by atoms with Crippen LogP contribution >= 0.6 is 12.4 Å². The third-order valence-electron chi connectivity index (χ3n) is 3.67. The summed E-state index contributed by atoms with van der Waals surface area (Å²) in [6.07, 6.45) is 1.86. The quantitative estimate of drug-likeness (QED) is 0.741. The van der Waals surface area contributed by atoms with Crippen molar-refractivity contribution in [3.8, 4) is 0 Å². The summed E-state index contributed by atoms with van der Waals surface area (Å²) < 4.78 is 0. The predicted molar refractivity (Wildman–Crippen MR) is 101 cm³/mol. The molecular weight excluding hydrogens is 326 g/mol. The molecule has 0 radical (unpaired) electrons. The number of nitrogens with one attached hydrogen (secondary N) is 1. The van der Waals surface area contributed by atoms with Gasteiger partial charge in [0.15, 0.2) is 0 Å². The molecule has 0 aliphatic heterocycles. The summed E-state index contributed by atoms with van der Waals surface area (Å²) in [5, 5.41) is 3.02. The largest absolute Gasteiger partial charge is 0.340 e. The van der Waals surface area contributed by atoms with Gasteiger partial charge in [0.05, 0.1) is 0 Å². The molecule has 0 spiro atoms. The van der Waals surface area contributed by atoms with Crippen LogP contribution in [0, 0.1) is 0 Å². The molecule has 2 amide bonds. The molecule has 0 aliphatic carbocycles. The molecule has 0 atom stereocenters. The van der Waals surface area contributed by atoms with Crippen LogP contribution in [0.2, 0.25) is 0 Å². The molecule has 0 heterocycles. The Kier molecular flexibility index (Phi) is 11.1. The van der Waals surface area contributed by atoms with Crippen LogP contribution in [0.15, 0.2) is 24.3 Å². The Balaban J connectivity index is 0.00000529. The van der Waals surface area contributed by atoms with Crippen LogP contribution in [0.25, 0.3) is 0 Å². The van der Waals surface area contributed by atoms with Gasteiger partial charge in [-0.1, -0.05) is 19.9 Å². The smallest absolute Gasteiger partial charge is 0.253 e. The highest BCUT2D eigenvalue weighted by Gasteiger charge is 2.17. The van der Waals surface area contributed by atoms with Gasteiger partial charge < -0.3 is 15.1 Å². The molecule has 136 valence electrons. The van der Waals surface area contributed by atoms with Gasteiger partial charge in [-0.3, -0.25) is 9.59 Å². The number of hydrogen-bond acceptors (Lipinski definition) is 3. The Morgan fingerprint density at radius 3 is 2.04 bits per heavy atom. The minimum Gasteiger partial charge on any atom is -0.340 e. The van der Waals surface area contributed by atoms with Crippen LogP contribution in [0.1, 0.15) is 47.4 Å². The average molecular weight is 356 g/mol. The van der Waals surface area contributed by atoms with E-state index in [0.29, 0.717) is 17.7 Å². The summed E-state index contributed by atoms with van der Waals surface area (Å²) in [5.74, 6) is -0.0614. The zero-order chi connectivity index (χ0) is 17.2. The second-order valence-electron chi connectivity index (χ2n) is 5.70. The first kappa shape index (κ1) is 22.4. The molecule has 5 nitrogen and oxygen atoms in total. The van der Waals surface area contributed by atoms with Crippen molar-refractivity contribution in [3.05, 3.63) is 35.4 Å². The van der Waals surface area contributed by atoms with Crippen LogP contribution < -0.4 is 5.32 Å². The highest BCUT2D eigenvalue weighted by Crippen LogP contribution is 2.11. The van der Waals surface area contributed by atoms with E-state index in [2.05, 4.69) is 19.2 Å². The molecule has 6 heteroatoms. The fraction of sp³-hybridized carbons (Fsp3) is 0.556. The monoisotopic (exact) mass is 355 g/mol. The molecule has 1 aromatic rings. The second-order valence-corrected chi connectivity index (χ2v) is 5.70. The summed E-state index contributed by atoms with van der Waals surface area (Å²) >= 11 is 0. The topological polar surface area (TPSA) is 52.7 Å². The standard InChI is InChI=1S/C18H29N3O2.ClH/c1-5-11-21(12-6-2)18(23)16-9-7-8-15(14-16)17(22)20(4)13-10-19-3;/h7-9,14,19H,5-6,10-13H2,1-4H3;1H. The van der Waals surface area contributed by atoms with Crippen LogP contribution in [-0.4, -0.2) is 61.9 Å². The molecule has 1 N–H and O–H groups in total. The normalized spacial score (nSPS) is 10.0. The number of halogens is 1. The van der Waals surface area contributed by atoms with Gasteiger partial charge in [-0.2, -0.15) is 0 Å². The molecule has 0 fully saturated rings. The highest BCUT2D eigenvalue weighted by atomic mass is 35.5. The van der Waals surface area contributed by atoms with Crippen molar-refractivity contribution in [2.24, 2.45) is 0 Å². The maximum Gasteiger partial charge on any atom is 0.253 e. The molecule has 0 saturated heterocycles. The van der Waals surface area contributed by atoms with E-state index in [4.69, 9.17) is 0 Å². The van der Waals surface area contributed by atoms with Crippen LogP contribution in [0.4, 0.5) is 0 Å². The number of carbonyl (C=O) groups excluding carboxylic acids is 2. The van der Waals surface area contributed by atoms with Crippen molar-refractivity contribution >= 4 is 24.2 Å². The Hall–Kier alpha value is -1.59. The predicted octanol–water partition coefficient (Wildman–Crippen LogP) is 2.66. The van der Waals surface area contributed by atoms with E-state index in [1.807, 2.05) is 11.9 Å². The zero-order valence-corrected chi connectivity index (χ0v) is 16.0. The van der Waals surface area contributed by atoms with E-state index >= 15 is 0 Å². The van der Waals surface area contributed by atoms with Gasteiger partial charge in [0.1, 0.15) is 0 Å². The Morgan fingerprint density at radius 1 is 1.00 bits per heavy atom. The molecule has 0 aromatic heterocycles. The van der Waals surface area contributed by atoms with Gasteiger partial charge in [-0.25, -0.2) is 0 Å². The molecule has 0 bridgehead atoms. The Bertz CT molecular complexity index is 517. The lowest BCUT2D eigenvalue weighted by atomic mass is 10.1. The lowest BCUT2D eigenvalue weighted by Gasteiger charge is -2.22. The molecule has 1 rings (SSSR count). The fourth-order valence-corrected chi connectivity index (χ4v) is 2.42. The van der Waals surface area contributed by atoms with Crippen molar-refractivity contribution in [2.75, 3.05) is 40.3 Å². The minimum absolute atomic E-state index is 0. The number of nitrogens with zero attached hydrogens (tertiary/aromatic N) is 2. The number of hydrogen-bond donors (Lipinski definition) is 1. The van der Waals surface area contributed by atoms with Crippen LogP contribution in [0.3, 0.4) is 0 Å². The summed E-state index contributed by atoms with van der Waals surface area (Å²) in [5.41, 5.74) is 1.14. The second kappa shape index (κ2) is 11.9. The van der Waals surface area contributed by atoms with Gasteiger partial charge in [0.25, 0.3) is 11.8 Å². The van der Waals surface area contributed by atoms with Crippen molar-refractivity contribution in [2.45, 2.75) is 26.7 Å². The van der Waals surface area contributed by atoms with Crippen LogP contribution in [-0.2, 0) is 0 Å². The number of rotatable bonds is 9. The van der Waals surface area contributed by atoms with Crippen molar-refractivity contribution in [1.82, 2.24) is 15.1 Å². The van der Waals surface area contributed by atoms with E-state index in [-0.39, 0.29) is 24.2 Å². The minimum atomic E-state index is -0.0626. The number of likely N-dealkylation sites (N-methyl/N-ethyl adjacent to an activating group) is 2. The van der Waals surface area contributed by atoms with Crippen molar-refractivity contribution in [1.29, 1.82) is 0 Å². The first-order valence-corrected chi connectivity index (χ1v) is 8.34. The molecule has 1 aromatic carbocycles. The van der Waals surface area contributed by atoms with Crippen LogP contribution in [0.5, 0.6) is 0 Å². The van der Waals surface area contributed by atoms with E-state index in [9.17, 15) is 9.59 Å². The zero-order valence-electron chi connectivity index (χ0n) is 15.2. The van der Waals surface area contributed by atoms with Crippen molar-refractivity contribution < 1.29 is 9.59 Å². The first-order valence-electron chi connectivity index (χ1n) is 8.34. The lowest BCUT2D eigenvalue weighted by Crippen LogP contribution is -2.34. The van der Waals surface area contributed by atoms with Gasteiger partial charge in [-0.05, 0) is 38.1 Å². The Labute approximate surface area is 151 Å². The summed E-state index contributed by atoms with van der Waals surface area (Å²) in [6, 6.07) is 7.03. The van der Waals surface area contributed by atoms with Gasteiger partial charge in [-0.15, -0.1) is 12.4 Å². The third-order valence-corrected chi connectivity index (χ3v) is 3.67. The van der Waals surface area contributed by atoms with E-state index in [1.54, 1.807) is 36.2 Å². The Morgan fingerprint density at radius 2 is 1.54 bits per heavy atom. The highest BCUT2D eigenvalue weighted by molar-refractivity contribution is 5.99. The molecule has 0 saturated carbocycles. The molecule has 0 aliphatic rings. The average Bonchev–Trinajstić information content (AvgIpc) is 2.58. The maximum absolute atomic E-state index is 12.6.